The average molecular weight is 536 g/mol. The van der Waals surface area contributed by atoms with E-state index in [1.54, 1.807) is 0 Å². The van der Waals surface area contributed by atoms with Crippen molar-refractivity contribution < 1.29 is 19.3 Å². The molecule has 0 spiro atoms. The number of imidazole rings is 1. The van der Waals surface area contributed by atoms with Crippen molar-refractivity contribution in [3.05, 3.63) is 29.2 Å². The summed E-state index contributed by atoms with van der Waals surface area (Å²) in [5.41, 5.74) is 6.62. The molecule has 4 N–H and O–H groups in total. The number of rotatable bonds is 5. The van der Waals surface area contributed by atoms with E-state index in [4.69, 9.17) is 27.2 Å². The Morgan fingerprint density at radius 3 is 2.62 bits per heavy atom. The van der Waals surface area contributed by atoms with Gasteiger partial charge in [-0.1, -0.05) is 11.6 Å². The van der Waals surface area contributed by atoms with E-state index in [2.05, 4.69) is 15.0 Å². The molecule has 1 aromatic carbocycles. The summed E-state index contributed by atoms with van der Waals surface area (Å²) in [6.07, 6.45) is 3.14. The van der Waals surface area contributed by atoms with Crippen molar-refractivity contribution in [3.8, 4) is 11.3 Å². The van der Waals surface area contributed by atoms with E-state index in [9.17, 15) is 5.11 Å². The van der Waals surface area contributed by atoms with Gasteiger partial charge in [-0.05, 0) is 45.9 Å². The fourth-order valence-corrected chi connectivity index (χ4v) is 5.13. The summed E-state index contributed by atoms with van der Waals surface area (Å²) in [4.78, 5) is 16.5. The molecule has 0 saturated carbocycles. The van der Waals surface area contributed by atoms with E-state index in [1.807, 2.05) is 48.4 Å². The molecule has 12 heteroatoms. The number of aromatic nitrogens is 4. The highest BCUT2D eigenvalue weighted by molar-refractivity contribution is 6.33. The number of anilines is 2. The molecule has 0 aliphatic carbocycles. The third-order valence-corrected chi connectivity index (χ3v) is 6.70. The number of aliphatic hydroxyl groups excluding tert-OH is 1. The Morgan fingerprint density at radius 1 is 1.32 bits per heavy atom. The normalized spacial score (nSPS) is 19.4. The van der Waals surface area contributed by atoms with Gasteiger partial charge in [0, 0.05) is 38.3 Å². The van der Waals surface area contributed by atoms with Gasteiger partial charge in [0.15, 0.2) is 5.82 Å². The molecule has 2 aromatic heterocycles. The first-order valence-electron chi connectivity index (χ1n) is 12.3. The number of likely N-dealkylation sites (N-methyl/N-ethyl adjacent to an activating group) is 2. The number of benzene rings is 1. The van der Waals surface area contributed by atoms with Crippen molar-refractivity contribution >= 4 is 34.5 Å². The number of likely N-dealkylation sites (tertiary alicyclic amines) is 1. The van der Waals surface area contributed by atoms with Crippen LogP contribution in [0.3, 0.4) is 0 Å². The number of hydrogen-bond donors (Lipinski definition) is 3. The zero-order valence-corrected chi connectivity index (χ0v) is 22.4. The van der Waals surface area contributed by atoms with Crippen LogP contribution in [0.4, 0.5) is 16.3 Å². The van der Waals surface area contributed by atoms with Gasteiger partial charge in [0.05, 0.1) is 41.7 Å². The van der Waals surface area contributed by atoms with E-state index in [0.717, 1.165) is 19.4 Å². The smallest absolute Gasteiger partial charge is 0.220 e. The lowest BCUT2D eigenvalue weighted by Crippen LogP contribution is -2.64. The Labute approximate surface area is 220 Å². The summed E-state index contributed by atoms with van der Waals surface area (Å²) in [5, 5.41) is 19.8. The van der Waals surface area contributed by atoms with Gasteiger partial charge in [-0.25, -0.2) is 19.3 Å². The minimum absolute atomic E-state index is 0.00625. The summed E-state index contributed by atoms with van der Waals surface area (Å²) >= 11 is 6.23. The predicted molar refractivity (Wildman–Crippen MR) is 142 cm³/mol. The van der Waals surface area contributed by atoms with Gasteiger partial charge in [0.2, 0.25) is 11.9 Å². The third-order valence-electron chi connectivity index (χ3n) is 6.42. The van der Waals surface area contributed by atoms with Crippen LogP contribution in [0.2, 0.25) is 5.02 Å². The zero-order valence-electron chi connectivity index (χ0n) is 21.7. The number of ether oxygens (including phenoxy) is 1. The van der Waals surface area contributed by atoms with E-state index >= 15 is 4.39 Å². The van der Waals surface area contributed by atoms with Crippen LogP contribution in [0.25, 0.3) is 22.3 Å². The second-order valence-corrected chi connectivity index (χ2v) is 10.7. The monoisotopic (exact) mass is 535 g/mol. The molecule has 10 nitrogen and oxygen atoms in total. The van der Waals surface area contributed by atoms with E-state index in [0.29, 0.717) is 49.0 Å². The van der Waals surface area contributed by atoms with E-state index in [-0.39, 0.29) is 28.6 Å². The molecule has 0 radical (unpaired) electrons. The van der Waals surface area contributed by atoms with Gasteiger partial charge < -0.3 is 35.1 Å². The lowest BCUT2D eigenvalue weighted by molar-refractivity contribution is -0.0784. The van der Waals surface area contributed by atoms with Crippen LogP contribution < -0.4 is 10.6 Å². The average Bonchev–Trinajstić information content (AvgIpc) is 3.21. The minimum atomic E-state index is -0.806. The van der Waals surface area contributed by atoms with Crippen LogP contribution in [0.1, 0.15) is 32.7 Å². The molecule has 0 bridgehead atoms. The van der Waals surface area contributed by atoms with Crippen LogP contribution in [-0.4, -0.2) is 93.3 Å². The maximum Gasteiger partial charge on any atom is 0.220 e. The Kier molecular flexibility index (Phi) is 8.20. The Morgan fingerprint density at radius 2 is 2.05 bits per heavy atom. The van der Waals surface area contributed by atoms with Crippen LogP contribution >= 0.6 is 11.6 Å². The van der Waals surface area contributed by atoms with Gasteiger partial charge >= 0.3 is 0 Å². The highest BCUT2D eigenvalue weighted by atomic mass is 35.5. The first-order chi connectivity index (χ1) is 17.5. The molecule has 2 aliphatic rings. The number of aliphatic hydroxyl groups is 2. The Hall–Kier alpha value is -2.57. The van der Waals surface area contributed by atoms with Crippen molar-refractivity contribution in [3.63, 3.8) is 0 Å². The van der Waals surface area contributed by atoms with Crippen LogP contribution in [0.15, 0.2) is 18.3 Å². The van der Waals surface area contributed by atoms with E-state index < -0.39 is 11.4 Å². The molecule has 2 aliphatic heterocycles. The number of β-amino-alcohol motifs (C(OH)–C–C–N with tert-alkyl or cyclic N) is 1. The second kappa shape index (κ2) is 11.0. The lowest BCUT2D eigenvalue weighted by Gasteiger charge is -2.46. The van der Waals surface area contributed by atoms with Crippen LogP contribution in [-0.2, 0) is 4.74 Å². The SMILES string of the molecule is CC(C)n1c(N(C)CC2(O)CN(C)C2)nc2c(F)cc(-c3nc(N)ncc3Cl)cc21.OC1CCCOC1. The summed E-state index contributed by atoms with van der Waals surface area (Å²) in [6, 6.07) is 3.17. The van der Waals surface area contributed by atoms with Crippen LogP contribution in [0.5, 0.6) is 0 Å². The molecule has 2 fully saturated rings. The number of fused-ring (bicyclic) bond motifs is 1. The van der Waals surface area contributed by atoms with Gasteiger partial charge in [-0.15, -0.1) is 0 Å². The molecule has 5 rings (SSSR count). The second-order valence-electron chi connectivity index (χ2n) is 10.2. The molecule has 1 unspecified atom stereocenters. The van der Waals surface area contributed by atoms with Crippen LogP contribution in [0, 0.1) is 5.82 Å². The van der Waals surface area contributed by atoms with Crippen molar-refractivity contribution in [2.24, 2.45) is 0 Å². The lowest BCUT2D eigenvalue weighted by atomic mass is 9.94. The third kappa shape index (κ3) is 6.12. The fraction of sp³-hybridized carbons (Fsp3) is 0.560. The molecule has 1 atom stereocenters. The summed E-state index contributed by atoms with van der Waals surface area (Å²) in [6.45, 7) is 6.96. The number of hydrogen-bond acceptors (Lipinski definition) is 9. The summed E-state index contributed by atoms with van der Waals surface area (Å²) in [5.74, 6) is 0.172. The predicted octanol–water partition coefficient (Wildman–Crippen LogP) is 2.72. The van der Waals surface area contributed by atoms with Gasteiger partial charge in [-0.2, -0.15) is 0 Å². The number of nitrogen functional groups attached to an aromatic ring is 1. The fourth-order valence-electron chi connectivity index (χ4n) is 4.93. The standard InChI is InChI=1S/C20H25ClFN7O.C5H10O2/c1-11(2)29-15-6-12(16-13(21)7-24-18(23)25-16)5-14(22)17(15)26-19(29)28(4)10-20(30)8-27(3)9-20;6-5-2-1-3-7-4-5/h5-7,11,30H,8-10H2,1-4H3,(H2,23,24,25);5-6H,1-4H2. The maximum absolute atomic E-state index is 15.1. The molecular weight excluding hydrogens is 501 g/mol. The molecular formula is C25H35ClFN7O3. The first kappa shape index (κ1) is 27.5. The molecule has 0 amide bonds. The largest absolute Gasteiger partial charge is 0.391 e. The maximum atomic E-state index is 15.1. The summed E-state index contributed by atoms with van der Waals surface area (Å²) in [7, 11) is 3.82. The van der Waals surface area contributed by atoms with Crippen molar-refractivity contribution in [2.75, 3.05) is 57.6 Å². The topological polar surface area (TPSA) is 126 Å². The van der Waals surface area contributed by atoms with Gasteiger partial charge in [0.1, 0.15) is 11.1 Å². The number of nitrogens with zero attached hydrogens (tertiary/aromatic N) is 6. The highest BCUT2D eigenvalue weighted by Crippen LogP contribution is 2.34. The number of nitrogens with two attached hydrogens (primary N) is 1. The Bertz CT molecular complexity index is 1240. The molecule has 2 saturated heterocycles. The summed E-state index contributed by atoms with van der Waals surface area (Å²) < 4.78 is 22.0. The molecule has 37 heavy (non-hydrogen) atoms. The molecule has 3 aromatic rings. The number of halogens is 2. The minimum Gasteiger partial charge on any atom is -0.391 e. The van der Waals surface area contributed by atoms with Gasteiger partial charge in [-0.3, -0.25) is 0 Å². The van der Waals surface area contributed by atoms with Crippen molar-refractivity contribution in [1.82, 2.24) is 24.4 Å². The molecule has 4 heterocycles. The van der Waals surface area contributed by atoms with Crippen molar-refractivity contribution in [2.45, 2.75) is 44.4 Å². The van der Waals surface area contributed by atoms with E-state index in [1.165, 1.54) is 12.3 Å². The Balaban J connectivity index is 0.000000396. The highest BCUT2D eigenvalue weighted by Gasteiger charge is 2.40. The van der Waals surface area contributed by atoms with Gasteiger partial charge in [0.25, 0.3) is 0 Å². The van der Waals surface area contributed by atoms with Crippen molar-refractivity contribution in [1.29, 1.82) is 0 Å². The quantitative estimate of drug-likeness (QED) is 0.452. The first-order valence-corrected chi connectivity index (χ1v) is 12.7. The zero-order chi connectivity index (χ0) is 26.9. The molecule has 202 valence electrons.